The molecule has 0 aliphatic carbocycles. The van der Waals surface area contributed by atoms with Crippen LogP contribution in [0.25, 0.3) is 11.1 Å². The number of benzene rings is 1. The average Bonchev–Trinajstić information content (AvgIpc) is 3.15. The van der Waals surface area contributed by atoms with Crippen LogP contribution in [0.3, 0.4) is 0 Å². The van der Waals surface area contributed by atoms with Crippen molar-refractivity contribution in [2.45, 2.75) is 38.2 Å². The van der Waals surface area contributed by atoms with E-state index >= 15 is 0 Å². The Kier molecular flexibility index (Phi) is 5.39. The number of ether oxygens (including phenoxy) is 1. The van der Waals surface area contributed by atoms with Gasteiger partial charge in [0.15, 0.2) is 0 Å². The number of esters is 1. The lowest BCUT2D eigenvalue weighted by molar-refractivity contribution is -0.134. The number of fused-ring (bicyclic) bond motifs is 1. The van der Waals surface area contributed by atoms with E-state index in [2.05, 4.69) is 9.97 Å². The number of carbonyl (C=O) groups excluding carboxylic acids is 2. The van der Waals surface area contributed by atoms with Gasteiger partial charge in [0.25, 0.3) is 0 Å². The third kappa shape index (κ3) is 3.86. The molecule has 3 aromatic rings. The second kappa shape index (κ2) is 8.49. The number of aromatic nitrogens is 3. The van der Waals surface area contributed by atoms with Gasteiger partial charge in [-0.3, -0.25) is 9.78 Å². The smallest absolute Gasteiger partial charge is 0.339 e. The minimum atomic E-state index is -0.514. The van der Waals surface area contributed by atoms with Crippen LogP contribution in [0, 0.1) is 6.92 Å². The van der Waals surface area contributed by atoms with Crippen molar-refractivity contribution in [3.8, 4) is 11.1 Å². The van der Waals surface area contributed by atoms with Crippen LogP contribution in [0.4, 0.5) is 0 Å². The topological polar surface area (TPSA) is 85.3 Å². The van der Waals surface area contributed by atoms with Gasteiger partial charge in [-0.05, 0) is 43.5 Å². The number of cyclic esters (lactones) is 1. The molecule has 2 aromatic heterocycles. The first-order chi connectivity index (χ1) is 15.6. The van der Waals surface area contributed by atoms with E-state index in [1.165, 1.54) is 0 Å². The number of rotatable bonds is 4. The Morgan fingerprint density at radius 2 is 1.97 bits per heavy atom. The van der Waals surface area contributed by atoms with Crippen molar-refractivity contribution < 1.29 is 14.3 Å². The van der Waals surface area contributed by atoms with Crippen molar-refractivity contribution in [3.63, 3.8) is 0 Å². The third-order valence-corrected chi connectivity index (χ3v) is 6.23. The summed E-state index contributed by atoms with van der Waals surface area (Å²) in [5.74, 6) is 0.487. The van der Waals surface area contributed by atoms with Crippen molar-refractivity contribution in [2.24, 2.45) is 0 Å². The van der Waals surface area contributed by atoms with E-state index in [1.54, 1.807) is 18.5 Å². The molecule has 162 valence electrons. The largest absolute Gasteiger partial charge is 0.453 e. The molecule has 0 spiro atoms. The zero-order valence-electron chi connectivity index (χ0n) is 17.9. The Labute approximate surface area is 186 Å². The van der Waals surface area contributed by atoms with Crippen LogP contribution < -0.4 is 0 Å². The van der Waals surface area contributed by atoms with Gasteiger partial charge in [0, 0.05) is 48.7 Å². The Morgan fingerprint density at radius 3 is 2.81 bits per heavy atom. The average molecular weight is 428 g/mol. The zero-order valence-corrected chi connectivity index (χ0v) is 17.9. The van der Waals surface area contributed by atoms with E-state index in [0.29, 0.717) is 18.7 Å². The number of hydrogen-bond acceptors (Lipinski definition) is 6. The van der Waals surface area contributed by atoms with Gasteiger partial charge in [-0.1, -0.05) is 18.2 Å². The van der Waals surface area contributed by atoms with Crippen LogP contribution in [0.1, 0.15) is 58.7 Å². The molecule has 4 heterocycles. The molecule has 2 atom stereocenters. The summed E-state index contributed by atoms with van der Waals surface area (Å²) in [4.78, 5) is 40.4. The summed E-state index contributed by atoms with van der Waals surface area (Å²) in [7, 11) is 0. The predicted molar refractivity (Wildman–Crippen MR) is 118 cm³/mol. The Bertz CT molecular complexity index is 1160. The van der Waals surface area contributed by atoms with E-state index in [9.17, 15) is 9.59 Å². The van der Waals surface area contributed by atoms with Crippen LogP contribution in [0.5, 0.6) is 0 Å². The molecule has 0 saturated carbocycles. The fourth-order valence-electron chi connectivity index (χ4n) is 4.64. The van der Waals surface area contributed by atoms with Gasteiger partial charge < -0.3 is 9.64 Å². The van der Waals surface area contributed by atoms with Gasteiger partial charge in [0.2, 0.25) is 5.91 Å². The lowest BCUT2D eigenvalue weighted by Crippen LogP contribution is -2.40. The predicted octanol–water partition coefficient (Wildman–Crippen LogP) is 3.85. The molecule has 32 heavy (non-hydrogen) atoms. The molecule has 1 amide bonds. The molecule has 7 heteroatoms. The highest BCUT2D eigenvalue weighted by Gasteiger charge is 2.35. The van der Waals surface area contributed by atoms with Gasteiger partial charge >= 0.3 is 5.97 Å². The lowest BCUT2D eigenvalue weighted by atomic mass is 9.89. The number of pyridine rings is 1. The van der Waals surface area contributed by atoms with Gasteiger partial charge in [-0.25, -0.2) is 14.8 Å². The summed E-state index contributed by atoms with van der Waals surface area (Å²) in [6.45, 7) is 3.18. The molecule has 2 unspecified atom stereocenters. The van der Waals surface area contributed by atoms with Crippen LogP contribution in [0.2, 0.25) is 0 Å². The van der Waals surface area contributed by atoms with Crippen molar-refractivity contribution in [3.05, 3.63) is 77.6 Å². The van der Waals surface area contributed by atoms with Crippen molar-refractivity contribution in [2.75, 3.05) is 13.1 Å². The third-order valence-electron chi connectivity index (χ3n) is 6.23. The molecule has 0 radical (unpaired) electrons. The number of hydrogen-bond donors (Lipinski definition) is 0. The maximum Gasteiger partial charge on any atom is 0.339 e. The van der Waals surface area contributed by atoms with Crippen molar-refractivity contribution >= 4 is 11.9 Å². The van der Waals surface area contributed by atoms with E-state index < -0.39 is 6.10 Å². The molecule has 7 nitrogen and oxygen atoms in total. The highest BCUT2D eigenvalue weighted by Crippen LogP contribution is 2.36. The second-order valence-corrected chi connectivity index (χ2v) is 8.32. The SMILES string of the molecule is Cc1ncc(-c2ccncc2)c(C2CCCN(C(=O)CC3OC(=O)c4ccccc43)C2)n1. The lowest BCUT2D eigenvalue weighted by Gasteiger charge is -2.34. The number of carbonyl (C=O) groups is 2. The monoisotopic (exact) mass is 428 g/mol. The van der Waals surface area contributed by atoms with Crippen molar-refractivity contribution in [1.82, 2.24) is 19.9 Å². The van der Waals surface area contributed by atoms with E-state index in [0.717, 1.165) is 41.1 Å². The minimum absolute atomic E-state index is 0.000409. The Balaban J connectivity index is 1.35. The maximum absolute atomic E-state index is 13.2. The van der Waals surface area contributed by atoms with Crippen LogP contribution in [-0.2, 0) is 9.53 Å². The maximum atomic E-state index is 13.2. The summed E-state index contributed by atoms with van der Waals surface area (Å²) >= 11 is 0. The normalized spacial score (nSPS) is 20.0. The summed E-state index contributed by atoms with van der Waals surface area (Å²) < 4.78 is 5.48. The second-order valence-electron chi connectivity index (χ2n) is 8.32. The fraction of sp³-hybridized carbons (Fsp3) is 0.320. The number of piperidine rings is 1. The molecule has 1 fully saturated rings. The van der Waals surface area contributed by atoms with Crippen molar-refractivity contribution in [1.29, 1.82) is 0 Å². The molecular weight excluding hydrogens is 404 g/mol. The van der Waals surface area contributed by atoms with E-state index in [1.807, 2.05) is 48.4 Å². The van der Waals surface area contributed by atoms with Gasteiger partial charge in [0.1, 0.15) is 11.9 Å². The summed E-state index contributed by atoms with van der Waals surface area (Å²) in [6, 6.07) is 11.2. The Morgan fingerprint density at radius 1 is 1.16 bits per heavy atom. The standard InChI is InChI=1S/C25H24N4O3/c1-16-27-14-21(17-8-10-26-11-9-17)24(28-16)18-5-4-12-29(15-18)23(30)13-22-19-6-2-3-7-20(19)25(31)32-22/h2-3,6-11,14,18,22H,4-5,12-13,15H2,1H3. The highest BCUT2D eigenvalue weighted by molar-refractivity contribution is 5.94. The van der Waals surface area contributed by atoms with E-state index in [4.69, 9.17) is 9.72 Å². The van der Waals surface area contributed by atoms with Crippen LogP contribution >= 0.6 is 0 Å². The highest BCUT2D eigenvalue weighted by atomic mass is 16.5. The first kappa shape index (κ1) is 20.3. The molecule has 0 N–H and O–H groups in total. The molecule has 2 aliphatic rings. The number of nitrogens with zero attached hydrogens (tertiary/aromatic N) is 4. The van der Waals surface area contributed by atoms with E-state index in [-0.39, 0.29) is 24.2 Å². The minimum Gasteiger partial charge on any atom is -0.453 e. The number of amides is 1. The fourth-order valence-corrected chi connectivity index (χ4v) is 4.64. The molecule has 0 bridgehead atoms. The number of likely N-dealkylation sites (tertiary alicyclic amines) is 1. The number of aryl methyl sites for hydroxylation is 1. The molecule has 2 aliphatic heterocycles. The first-order valence-corrected chi connectivity index (χ1v) is 10.9. The summed E-state index contributed by atoms with van der Waals surface area (Å²) in [5.41, 5.74) is 4.33. The molecule has 1 saturated heterocycles. The van der Waals surface area contributed by atoms with Gasteiger partial charge in [0.05, 0.1) is 17.7 Å². The van der Waals surface area contributed by atoms with Crippen LogP contribution in [0.15, 0.2) is 55.0 Å². The summed E-state index contributed by atoms with van der Waals surface area (Å²) in [5, 5.41) is 0. The quantitative estimate of drug-likeness (QED) is 0.587. The first-order valence-electron chi connectivity index (χ1n) is 10.9. The van der Waals surface area contributed by atoms with Gasteiger partial charge in [-0.2, -0.15) is 0 Å². The molecular formula is C25H24N4O3. The molecule has 1 aromatic carbocycles. The molecule has 5 rings (SSSR count). The van der Waals surface area contributed by atoms with Crippen LogP contribution in [-0.4, -0.2) is 44.8 Å². The summed E-state index contributed by atoms with van der Waals surface area (Å²) in [6.07, 6.45) is 6.89. The zero-order chi connectivity index (χ0) is 22.1. The Hall–Kier alpha value is -3.61. The van der Waals surface area contributed by atoms with Gasteiger partial charge in [-0.15, -0.1) is 0 Å².